The van der Waals surface area contributed by atoms with Gasteiger partial charge in [0.15, 0.2) is 5.82 Å². The van der Waals surface area contributed by atoms with Gasteiger partial charge >= 0.3 is 0 Å². The van der Waals surface area contributed by atoms with E-state index in [4.69, 9.17) is 4.98 Å². The molecular formula is C22H21N7O. The van der Waals surface area contributed by atoms with Crippen LogP contribution < -0.4 is 4.90 Å². The van der Waals surface area contributed by atoms with Crippen molar-refractivity contribution in [3.8, 4) is 17.2 Å². The molecule has 5 rings (SSSR count). The van der Waals surface area contributed by atoms with Crippen LogP contribution >= 0.6 is 0 Å². The van der Waals surface area contributed by atoms with Crippen LogP contribution in [0.3, 0.4) is 0 Å². The van der Waals surface area contributed by atoms with Gasteiger partial charge in [0.25, 0.3) is 0 Å². The molecular weight excluding hydrogens is 378 g/mol. The van der Waals surface area contributed by atoms with Gasteiger partial charge in [-0.25, -0.2) is 14.6 Å². The summed E-state index contributed by atoms with van der Waals surface area (Å²) in [6.07, 6.45) is 9.47. The Bertz CT molecular complexity index is 1260. The highest BCUT2D eigenvalue weighted by Gasteiger charge is 2.23. The van der Waals surface area contributed by atoms with Crippen molar-refractivity contribution >= 4 is 22.6 Å². The molecule has 0 N–H and O–H groups in total. The number of carbonyl (C=O) groups is 1. The zero-order chi connectivity index (χ0) is 20.7. The van der Waals surface area contributed by atoms with Crippen LogP contribution in [0, 0.1) is 13.8 Å². The van der Waals surface area contributed by atoms with E-state index in [9.17, 15) is 4.79 Å². The van der Waals surface area contributed by atoms with Gasteiger partial charge in [0.05, 0.1) is 29.3 Å². The molecule has 1 saturated heterocycles. The summed E-state index contributed by atoms with van der Waals surface area (Å²) in [7, 11) is 0. The largest absolute Gasteiger partial charge is 0.297 e. The average Bonchev–Trinajstić information content (AvgIpc) is 3.18. The summed E-state index contributed by atoms with van der Waals surface area (Å²) < 4.78 is 1.78. The molecule has 0 saturated carbocycles. The maximum absolute atomic E-state index is 12.4. The second-order valence-corrected chi connectivity index (χ2v) is 7.54. The summed E-state index contributed by atoms with van der Waals surface area (Å²) in [6.45, 7) is 4.59. The lowest BCUT2D eigenvalue weighted by Crippen LogP contribution is -2.36. The van der Waals surface area contributed by atoms with E-state index in [1.807, 2.05) is 32.0 Å². The van der Waals surface area contributed by atoms with Crippen LogP contribution in [0.2, 0.25) is 0 Å². The van der Waals surface area contributed by atoms with Crippen LogP contribution in [0.4, 0.5) is 5.82 Å². The summed E-state index contributed by atoms with van der Waals surface area (Å²) in [5.41, 5.74) is 4.11. The Hall–Kier alpha value is -3.68. The minimum atomic E-state index is 0.129. The SMILES string of the molecule is Cc1cncc(-c2cc3c(cn2)cnn3-c2ccc(C)c(N3CCCCC3=O)n2)n1. The maximum Gasteiger partial charge on any atom is 0.228 e. The number of anilines is 1. The number of piperidine rings is 1. The summed E-state index contributed by atoms with van der Waals surface area (Å²) >= 11 is 0. The first-order valence-corrected chi connectivity index (χ1v) is 10.0. The number of hydrogen-bond donors (Lipinski definition) is 0. The molecule has 1 amide bonds. The van der Waals surface area contributed by atoms with Gasteiger partial charge in [-0.05, 0) is 44.4 Å². The Balaban J connectivity index is 1.60. The molecule has 4 aromatic rings. The summed E-state index contributed by atoms with van der Waals surface area (Å²) in [5, 5.41) is 5.43. The van der Waals surface area contributed by atoms with Crippen LogP contribution in [0.1, 0.15) is 30.5 Å². The molecule has 1 aliphatic rings. The van der Waals surface area contributed by atoms with Crippen LogP contribution in [0.15, 0.2) is 43.0 Å². The Morgan fingerprint density at radius 3 is 2.70 bits per heavy atom. The van der Waals surface area contributed by atoms with E-state index < -0.39 is 0 Å². The Morgan fingerprint density at radius 2 is 1.87 bits per heavy atom. The number of fused-ring (bicyclic) bond motifs is 1. The van der Waals surface area contributed by atoms with Crippen molar-refractivity contribution in [1.29, 1.82) is 0 Å². The van der Waals surface area contributed by atoms with Crippen LogP contribution in [0.25, 0.3) is 28.1 Å². The molecule has 1 fully saturated rings. The molecule has 0 aliphatic carbocycles. The summed E-state index contributed by atoms with van der Waals surface area (Å²) in [4.78, 5) is 32.3. The van der Waals surface area contributed by atoms with Crippen molar-refractivity contribution in [3.63, 3.8) is 0 Å². The number of rotatable bonds is 3. The quantitative estimate of drug-likeness (QED) is 0.524. The molecule has 4 aromatic heterocycles. The predicted molar refractivity (Wildman–Crippen MR) is 113 cm³/mol. The number of amides is 1. The average molecular weight is 399 g/mol. The third-order valence-electron chi connectivity index (χ3n) is 5.32. The Morgan fingerprint density at radius 1 is 0.967 bits per heavy atom. The van der Waals surface area contributed by atoms with Crippen molar-refractivity contribution in [2.75, 3.05) is 11.4 Å². The van der Waals surface area contributed by atoms with Gasteiger partial charge < -0.3 is 0 Å². The van der Waals surface area contributed by atoms with Crippen LogP contribution in [-0.4, -0.2) is 42.2 Å². The van der Waals surface area contributed by atoms with E-state index >= 15 is 0 Å². The minimum Gasteiger partial charge on any atom is -0.297 e. The van der Waals surface area contributed by atoms with Gasteiger partial charge in [-0.3, -0.25) is 19.7 Å². The second kappa shape index (κ2) is 7.29. The number of hydrogen-bond acceptors (Lipinski definition) is 6. The molecule has 0 unspecified atom stereocenters. The molecule has 0 atom stereocenters. The molecule has 0 bridgehead atoms. The Labute approximate surface area is 173 Å². The Kier molecular flexibility index (Phi) is 4.46. The highest BCUT2D eigenvalue weighted by atomic mass is 16.2. The first-order chi connectivity index (χ1) is 14.6. The van der Waals surface area contributed by atoms with Crippen molar-refractivity contribution < 1.29 is 4.79 Å². The van der Waals surface area contributed by atoms with E-state index in [1.165, 1.54) is 0 Å². The molecule has 0 spiro atoms. The molecule has 8 nitrogen and oxygen atoms in total. The highest BCUT2D eigenvalue weighted by Crippen LogP contribution is 2.26. The minimum absolute atomic E-state index is 0.129. The lowest BCUT2D eigenvalue weighted by molar-refractivity contribution is -0.119. The molecule has 150 valence electrons. The number of aryl methyl sites for hydroxylation is 2. The van der Waals surface area contributed by atoms with Crippen LogP contribution in [0.5, 0.6) is 0 Å². The molecule has 30 heavy (non-hydrogen) atoms. The zero-order valence-electron chi connectivity index (χ0n) is 16.9. The van der Waals surface area contributed by atoms with Crippen LogP contribution in [-0.2, 0) is 4.79 Å². The van der Waals surface area contributed by atoms with Crippen molar-refractivity contribution in [1.82, 2.24) is 29.7 Å². The molecule has 0 radical (unpaired) electrons. The monoisotopic (exact) mass is 399 g/mol. The zero-order valence-corrected chi connectivity index (χ0v) is 16.9. The van der Waals surface area contributed by atoms with Gasteiger partial charge in [-0.2, -0.15) is 5.10 Å². The first kappa shape index (κ1) is 18.4. The maximum atomic E-state index is 12.4. The first-order valence-electron chi connectivity index (χ1n) is 10.0. The van der Waals surface area contributed by atoms with Gasteiger partial charge in [0.1, 0.15) is 11.5 Å². The standard InChI is InChI=1S/C22H21N7O/c1-14-6-7-20(27-22(14)28-8-4-3-5-21(28)30)29-19-9-17(24-11-16(19)12-25-29)18-13-23-10-15(2)26-18/h6-7,9-13H,3-5,8H2,1-2H3. The van der Waals surface area contributed by atoms with Gasteiger partial charge in [-0.1, -0.05) is 6.07 Å². The fraction of sp³-hybridized carbons (Fsp3) is 0.273. The van der Waals surface area contributed by atoms with E-state index in [2.05, 4.69) is 20.1 Å². The topological polar surface area (TPSA) is 89.7 Å². The lowest BCUT2D eigenvalue weighted by Gasteiger charge is -2.27. The fourth-order valence-corrected chi connectivity index (χ4v) is 3.76. The van der Waals surface area contributed by atoms with Gasteiger partial charge in [0, 0.05) is 30.7 Å². The third-order valence-corrected chi connectivity index (χ3v) is 5.32. The van der Waals surface area contributed by atoms with E-state index in [0.29, 0.717) is 30.3 Å². The molecule has 5 heterocycles. The van der Waals surface area contributed by atoms with E-state index in [0.717, 1.165) is 40.7 Å². The lowest BCUT2D eigenvalue weighted by atomic mass is 10.1. The van der Waals surface area contributed by atoms with Gasteiger partial charge in [0.2, 0.25) is 5.91 Å². The van der Waals surface area contributed by atoms with E-state index in [1.54, 1.807) is 34.4 Å². The number of nitrogens with zero attached hydrogens (tertiary/aromatic N) is 7. The van der Waals surface area contributed by atoms with Crippen molar-refractivity contribution in [3.05, 3.63) is 54.2 Å². The van der Waals surface area contributed by atoms with Crippen molar-refractivity contribution in [2.24, 2.45) is 0 Å². The smallest absolute Gasteiger partial charge is 0.228 e. The molecule has 1 aliphatic heterocycles. The molecule has 0 aromatic carbocycles. The summed E-state index contributed by atoms with van der Waals surface area (Å²) in [6, 6.07) is 5.85. The second-order valence-electron chi connectivity index (χ2n) is 7.54. The number of pyridine rings is 2. The normalized spacial score (nSPS) is 14.5. The predicted octanol–water partition coefficient (Wildman–Crippen LogP) is 3.41. The number of carbonyl (C=O) groups excluding carboxylic acids is 1. The van der Waals surface area contributed by atoms with E-state index in [-0.39, 0.29) is 5.91 Å². The van der Waals surface area contributed by atoms with Gasteiger partial charge in [-0.15, -0.1) is 0 Å². The highest BCUT2D eigenvalue weighted by molar-refractivity contribution is 5.93. The number of aromatic nitrogens is 6. The third kappa shape index (κ3) is 3.20. The summed E-state index contributed by atoms with van der Waals surface area (Å²) in [5.74, 6) is 1.50. The molecule has 8 heteroatoms. The van der Waals surface area contributed by atoms with Crippen molar-refractivity contribution in [2.45, 2.75) is 33.1 Å². The fourth-order valence-electron chi connectivity index (χ4n) is 3.76.